The molecule has 0 aliphatic carbocycles. The zero-order valence-corrected chi connectivity index (χ0v) is 15.4. The van der Waals surface area contributed by atoms with E-state index in [1.165, 1.54) is 0 Å². The first-order valence-corrected chi connectivity index (χ1v) is 10.7. The summed E-state index contributed by atoms with van der Waals surface area (Å²) in [4.78, 5) is 10.7. The number of amides is 1. The van der Waals surface area contributed by atoms with Gasteiger partial charge in [0.1, 0.15) is 0 Å². The van der Waals surface area contributed by atoms with E-state index in [9.17, 15) is 4.79 Å². The van der Waals surface area contributed by atoms with Gasteiger partial charge in [-0.2, -0.15) is 0 Å². The fraction of sp³-hybridized carbons (Fsp3) is 0.917. The summed E-state index contributed by atoms with van der Waals surface area (Å²) in [6.07, 6.45) is -0.159. The molecular formula is C12H26INO3Si. The molecule has 0 aromatic rings. The summed E-state index contributed by atoms with van der Waals surface area (Å²) < 4.78 is 7.27. The van der Waals surface area contributed by atoms with Gasteiger partial charge in [0.25, 0.3) is 0 Å². The molecule has 0 fully saturated rings. The van der Waals surface area contributed by atoms with Crippen LogP contribution in [0.25, 0.3) is 0 Å². The van der Waals surface area contributed by atoms with Gasteiger partial charge in [-0.1, -0.05) is 43.4 Å². The van der Waals surface area contributed by atoms with Crippen LogP contribution in [0.2, 0.25) is 18.1 Å². The number of alkyl halides is 1. The van der Waals surface area contributed by atoms with Crippen LogP contribution >= 0.6 is 22.6 Å². The Bertz CT molecular complexity index is 279. The van der Waals surface area contributed by atoms with E-state index in [-0.39, 0.29) is 17.2 Å². The van der Waals surface area contributed by atoms with Crippen LogP contribution in [0, 0.1) is 0 Å². The summed E-state index contributed by atoms with van der Waals surface area (Å²) in [5.41, 5.74) is 0. The van der Waals surface area contributed by atoms with Crippen molar-refractivity contribution in [3.63, 3.8) is 0 Å². The molecule has 0 saturated heterocycles. The van der Waals surface area contributed by atoms with Gasteiger partial charge in [0, 0.05) is 4.43 Å². The lowest BCUT2D eigenvalue weighted by atomic mass is 10.1. The van der Waals surface area contributed by atoms with Crippen LogP contribution in [0.15, 0.2) is 0 Å². The van der Waals surface area contributed by atoms with E-state index in [0.717, 1.165) is 10.8 Å². The van der Waals surface area contributed by atoms with E-state index in [1.807, 2.05) is 6.92 Å². The summed E-state index contributed by atoms with van der Waals surface area (Å²) in [5.74, 6) is 0. The highest BCUT2D eigenvalue weighted by molar-refractivity contribution is 14.1. The predicted molar refractivity (Wildman–Crippen MR) is 86.2 cm³/mol. The zero-order chi connectivity index (χ0) is 14.6. The van der Waals surface area contributed by atoms with Crippen LogP contribution < -0.4 is 5.32 Å². The van der Waals surface area contributed by atoms with Crippen LogP contribution in [0.4, 0.5) is 4.79 Å². The van der Waals surface area contributed by atoms with Gasteiger partial charge in [-0.25, -0.2) is 4.79 Å². The number of rotatable bonds is 6. The summed E-state index contributed by atoms with van der Waals surface area (Å²) in [7, 11) is -1.86. The summed E-state index contributed by atoms with van der Waals surface area (Å²) in [6.45, 7) is 12.8. The number of carbonyl (C=O) groups is 1. The van der Waals surface area contributed by atoms with Crippen molar-refractivity contribution in [1.29, 1.82) is 0 Å². The van der Waals surface area contributed by atoms with Crippen LogP contribution in [0.3, 0.4) is 0 Å². The Morgan fingerprint density at radius 1 is 1.44 bits per heavy atom. The molecule has 0 spiro atoms. The average Bonchev–Trinajstić information content (AvgIpc) is 2.13. The molecule has 4 nitrogen and oxygen atoms in total. The number of hydrogen-bond donors (Lipinski definition) is 2. The molecule has 0 aromatic heterocycles. The first-order chi connectivity index (χ1) is 8.01. The molecule has 1 amide bonds. The molecular weight excluding hydrogens is 361 g/mol. The first-order valence-electron chi connectivity index (χ1n) is 6.24. The maximum Gasteiger partial charge on any atom is 0.404 e. The SMILES string of the molecule is C[C@@H](NC(=O)O)C(CCI)O[Si](C)(C)C(C)(C)C. The smallest absolute Gasteiger partial charge is 0.404 e. The molecule has 0 radical (unpaired) electrons. The second kappa shape index (κ2) is 7.09. The minimum atomic E-state index is -1.86. The third kappa shape index (κ3) is 5.88. The highest BCUT2D eigenvalue weighted by Gasteiger charge is 2.40. The lowest BCUT2D eigenvalue weighted by molar-refractivity contribution is 0.131. The molecule has 0 saturated carbocycles. The second-order valence-corrected chi connectivity index (χ2v) is 12.0. The van der Waals surface area contributed by atoms with Gasteiger partial charge in [-0.05, 0) is 31.5 Å². The summed E-state index contributed by atoms with van der Waals surface area (Å²) >= 11 is 2.30. The highest BCUT2D eigenvalue weighted by atomic mass is 127. The third-order valence-electron chi connectivity index (χ3n) is 3.55. The van der Waals surface area contributed by atoms with Crippen molar-refractivity contribution in [2.75, 3.05) is 4.43 Å². The van der Waals surface area contributed by atoms with E-state index in [0.29, 0.717) is 0 Å². The van der Waals surface area contributed by atoms with Crippen molar-refractivity contribution in [1.82, 2.24) is 5.32 Å². The van der Waals surface area contributed by atoms with Crippen molar-refractivity contribution in [3.8, 4) is 0 Å². The van der Waals surface area contributed by atoms with Crippen LogP contribution in [0.1, 0.15) is 34.1 Å². The molecule has 1 unspecified atom stereocenters. The number of nitrogens with one attached hydrogen (secondary N) is 1. The Kier molecular flexibility index (Phi) is 7.16. The minimum Gasteiger partial charge on any atom is -0.465 e. The van der Waals surface area contributed by atoms with Crippen LogP contribution in [0.5, 0.6) is 0 Å². The molecule has 0 aliphatic rings. The Hall–Kier alpha value is 0.177. The van der Waals surface area contributed by atoms with Crippen LogP contribution in [-0.2, 0) is 4.43 Å². The molecule has 18 heavy (non-hydrogen) atoms. The van der Waals surface area contributed by atoms with Crippen molar-refractivity contribution in [2.24, 2.45) is 0 Å². The first kappa shape index (κ1) is 18.2. The molecule has 108 valence electrons. The lowest BCUT2D eigenvalue weighted by Gasteiger charge is -2.40. The number of halogens is 1. The molecule has 0 aromatic carbocycles. The van der Waals surface area contributed by atoms with E-state index in [2.05, 4.69) is 61.8 Å². The van der Waals surface area contributed by atoms with E-state index >= 15 is 0 Å². The quantitative estimate of drug-likeness (QED) is 0.413. The molecule has 0 rings (SSSR count). The Labute approximate surface area is 125 Å². The fourth-order valence-electron chi connectivity index (χ4n) is 1.36. The van der Waals surface area contributed by atoms with Crippen molar-refractivity contribution in [3.05, 3.63) is 0 Å². The fourth-order valence-corrected chi connectivity index (χ4v) is 3.41. The van der Waals surface area contributed by atoms with Crippen LogP contribution in [-0.4, -0.2) is 36.1 Å². The minimum absolute atomic E-state index is 0.0427. The van der Waals surface area contributed by atoms with Crippen molar-refractivity contribution in [2.45, 2.75) is 64.4 Å². The van der Waals surface area contributed by atoms with Gasteiger partial charge in [-0.3, -0.25) is 0 Å². The van der Waals surface area contributed by atoms with Gasteiger partial charge in [0.05, 0.1) is 12.1 Å². The van der Waals surface area contributed by atoms with Gasteiger partial charge in [0.15, 0.2) is 8.32 Å². The Morgan fingerprint density at radius 2 is 1.94 bits per heavy atom. The second-order valence-electron chi connectivity index (χ2n) is 6.13. The standard InChI is InChI=1S/C12H26INO3Si/c1-9(14-11(15)16)10(7-8-13)17-18(5,6)12(2,3)4/h9-10,14H,7-8H2,1-6H3,(H,15,16)/t9-,10?/m1/s1. The molecule has 0 heterocycles. The Morgan fingerprint density at radius 3 is 2.28 bits per heavy atom. The molecule has 6 heteroatoms. The zero-order valence-electron chi connectivity index (χ0n) is 12.2. The average molecular weight is 387 g/mol. The van der Waals surface area contributed by atoms with E-state index in [1.54, 1.807) is 0 Å². The normalized spacial score (nSPS) is 16.2. The molecule has 0 aliphatic heterocycles. The molecule has 2 N–H and O–H groups in total. The van der Waals surface area contributed by atoms with E-state index < -0.39 is 14.4 Å². The number of hydrogen-bond acceptors (Lipinski definition) is 2. The molecule has 2 atom stereocenters. The maximum atomic E-state index is 10.7. The van der Waals surface area contributed by atoms with Gasteiger partial charge < -0.3 is 14.8 Å². The molecule has 0 bridgehead atoms. The van der Waals surface area contributed by atoms with Gasteiger partial charge in [-0.15, -0.1) is 0 Å². The Balaban J connectivity index is 4.76. The third-order valence-corrected chi connectivity index (χ3v) is 8.68. The summed E-state index contributed by atoms with van der Waals surface area (Å²) in [5, 5.41) is 11.5. The summed E-state index contributed by atoms with van der Waals surface area (Å²) in [6, 6.07) is -0.175. The van der Waals surface area contributed by atoms with Crippen molar-refractivity contribution < 1.29 is 14.3 Å². The number of carboxylic acid groups (broad SMARTS) is 1. The van der Waals surface area contributed by atoms with Gasteiger partial charge in [0.2, 0.25) is 0 Å². The monoisotopic (exact) mass is 387 g/mol. The van der Waals surface area contributed by atoms with Crippen molar-refractivity contribution >= 4 is 37.0 Å². The topological polar surface area (TPSA) is 58.6 Å². The van der Waals surface area contributed by atoms with E-state index in [4.69, 9.17) is 9.53 Å². The largest absolute Gasteiger partial charge is 0.465 e. The predicted octanol–water partition coefficient (Wildman–Crippen LogP) is 3.86. The maximum absolute atomic E-state index is 10.7. The van der Waals surface area contributed by atoms with Gasteiger partial charge >= 0.3 is 6.09 Å². The lowest BCUT2D eigenvalue weighted by Crippen LogP contribution is -2.50. The highest BCUT2D eigenvalue weighted by Crippen LogP contribution is 2.38.